The highest BCUT2D eigenvalue weighted by atomic mass is 15.3. The highest BCUT2D eigenvalue weighted by molar-refractivity contribution is 5.79. The minimum absolute atomic E-state index is 0.669. The first-order valence-corrected chi connectivity index (χ1v) is 8.45. The van der Waals surface area contributed by atoms with Gasteiger partial charge in [0.2, 0.25) is 0 Å². The van der Waals surface area contributed by atoms with E-state index in [0.29, 0.717) is 6.54 Å². The van der Waals surface area contributed by atoms with Gasteiger partial charge in [0, 0.05) is 51.8 Å². The number of benzene rings is 1. The number of hydrogen-bond acceptors (Lipinski definition) is 3. The molecule has 6 heteroatoms. The molecule has 0 fully saturated rings. The SMILES string of the molecule is CCNC(=NCc1ccc(N(C)C)cc1)NCCCn1cccn1. The summed E-state index contributed by atoms with van der Waals surface area (Å²) in [6, 6.07) is 10.4. The molecule has 0 saturated carbocycles. The largest absolute Gasteiger partial charge is 0.378 e. The van der Waals surface area contributed by atoms with Crippen LogP contribution in [0.2, 0.25) is 0 Å². The number of aryl methyl sites for hydroxylation is 1. The van der Waals surface area contributed by atoms with Crippen molar-refractivity contribution in [3.8, 4) is 0 Å². The topological polar surface area (TPSA) is 57.5 Å². The summed E-state index contributed by atoms with van der Waals surface area (Å²) in [6.07, 6.45) is 4.79. The zero-order chi connectivity index (χ0) is 17.2. The van der Waals surface area contributed by atoms with E-state index in [0.717, 1.165) is 32.0 Å². The second kappa shape index (κ2) is 9.60. The molecule has 0 radical (unpaired) electrons. The monoisotopic (exact) mass is 328 g/mol. The molecule has 0 bridgehead atoms. The summed E-state index contributed by atoms with van der Waals surface area (Å²) in [5.74, 6) is 0.856. The first-order chi connectivity index (χ1) is 11.7. The molecule has 24 heavy (non-hydrogen) atoms. The fraction of sp³-hybridized carbons (Fsp3) is 0.444. The molecule has 2 N–H and O–H groups in total. The van der Waals surface area contributed by atoms with E-state index in [1.54, 1.807) is 6.20 Å². The van der Waals surface area contributed by atoms with Crippen molar-refractivity contribution in [2.75, 3.05) is 32.1 Å². The molecule has 0 unspecified atom stereocenters. The van der Waals surface area contributed by atoms with E-state index in [4.69, 9.17) is 0 Å². The molecule has 6 nitrogen and oxygen atoms in total. The van der Waals surface area contributed by atoms with Crippen LogP contribution in [-0.2, 0) is 13.1 Å². The Bertz CT molecular complexity index is 601. The van der Waals surface area contributed by atoms with Gasteiger partial charge < -0.3 is 15.5 Å². The first kappa shape index (κ1) is 17.8. The smallest absolute Gasteiger partial charge is 0.191 e. The lowest BCUT2D eigenvalue weighted by atomic mass is 10.2. The van der Waals surface area contributed by atoms with Crippen molar-refractivity contribution in [2.24, 2.45) is 4.99 Å². The molecule has 0 atom stereocenters. The predicted molar refractivity (Wildman–Crippen MR) is 100 cm³/mol. The normalized spacial score (nSPS) is 11.4. The van der Waals surface area contributed by atoms with Crippen LogP contribution in [0.5, 0.6) is 0 Å². The summed E-state index contributed by atoms with van der Waals surface area (Å²) in [5, 5.41) is 10.9. The predicted octanol–water partition coefficient (Wildman–Crippen LogP) is 2.09. The van der Waals surface area contributed by atoms with Crippen LogP contribution < -0.4 is 15.5 Å². The average molecular weight is 328 g/mol. The Morgan fingerprint density at radius 3 is 2.62 bits per heavy atom. The van der Waals surface area contributed by atoms with Crippen molar-refractivity contribution in [1.82, 2.24) is 20.4 Å². The highest BCUT2D eigenvalue weighted by Gasteiger charge is 1.99. The van der Waals surface area contributed by atoms with Crippen molar-refractivity contribution in [3.63, 3.8) is 0 Å². The van der Waals surface area contributed by atoms with Crippen LogP contribution in [0.15, 0.2) is 47.7 Å². The Hall–Kier alpha value is -2.50. The van der Waals surface area contributed by atoms with Crippen molar-refractivity contribution < 1.29 is 0 Å². The molecule has 0 aliphatic rings. The zero-order valence-corrected chi connectivity index (χ0v) is 14.9. The van der Waals surface area contributed by atoms with Crippen LogP contribution in [0.25, 0.3) is 0 Å². The summed E-state index contributed by atoms with van der Waals surface area (Å²) in [6.45, 7) is 5.37. The molecule has 1 aromatic carbocycles. The van der Waals surface area contributed by atoms with Crippen LogP contribution >= 0.6 is 0 Å². The minimum Gasteiger partial charge on any atom is -0.378 e. The zero-order valence-electron chi connectivity index (χ0n) is 14.9. The van der Waals surface area contributed by atoms with Crippen molar-refractivity contribution in [1.29, 1.82) is 0 Å². The Balaban J connectivity index is 1.80. The maximum absolute atomic E-state index is 4.65. The number of guanidine groups is 1. The summed E-state index contributed by atoms with van der Waals surface area (Å²) >= 11 is 0. The Morgan fingerprint density at radius 2 is 2.00 bits per heavy atom. The van der Waals surface area contributed by atoms with Gasteiger partial charge in [0.25, 0.3) is 0 Å². The van der Waals surface area contributed by atoms with Gasteiger partial charge in [-0.25, -0.2) is 4.99 Å². The van der Waals surface area contributed by atoms with E-state index in [2.05, 4.69) is 56.8 Å². The van der Waals surface area contributed by atoms with Gasteiger partial charge in [-0.3, -0.25) is 4.68 Å². The fourth-order valence-electron chi connectivity index (χ4n) is 2.29. The molecule has 1 heterocycles. The van der Waals surface area contributed by atoms with E-state index in [1.165, 1.54) is 11.3 Å². The van der Waals surface area contributed by atoms with Crippen molar-refractivity contribution >= 4 is 11.6 Å². The van der Waals surface area contributed by atoms with Crippen LogP contribution in [-0.4, -0.2) is 42.9 Å². The number of rotatable bonds is 8. The molecule has 2 rings (SSSR count). The van der Waals surface area contributed by atoms with E-state index in [9.17, 15) is 0 Å². The highest BCUT2D eigenvalue weighted by Crippen LogP contribution is 2.12. The van der Waals surface area contributed by atoms with Crippen molar-refractivity contribution in [3.05, 3.63) is 48.3 Å². The number of anilines is 1. The third-order valence-corrected chi connectivity index (χ3v) is 3.63. The van der Waals surface area contributed by atoms with Gasteiger partial charge in [-0.2, -0.15) is 5.10 Å². The number of aromatic nitrogens is 2. The molecule has 2 aromatic rings. The summed E-state index contributed by atoms with van der Waals surface area (Å²) in [5.41, 5.74) is 2.40. The van der Waals surface area contributed by atoms with Gasteiger partial charge in [0.05, 0.1) is 6.54 Å². The maximum atomic E-state index is 4.65. The third-order valence-electron chi connectivity index (χ3n) is 3.63. The third kappa shape index (κ3) is 5.95. The number of nitrogens with zero attached hydrogens (tertiary/aromatic N) is 4. The Labute approximate surface area is 144 Å². The van der Waals surface area contributed by atoms with Gasteiger partial charge in [-0.15, -0.1) is 0 Å². The molecular formula is C18H28N6. The van der Waals surface area contributed by atoms with E-state index in [-0.39, 0.29) is 0 Å². The standard InChI is InChI=1S/C18H28N6/c1-4-19-18(20-11-5-13-24-14-6-12-22-24)21-15-16-7-9-17(10-8-16)23(2)3/h6-10,12,14H,4-5,11,13,15H2,1-3H3,(H2,19,20,21). The lowest BCUT2D eigenvalue weighted by Crippen LogP contribution is -2.38. The average Bonchev–Trinajstić information content (AvgIpc) is 3.10. The summed E-state index contributed by atoms with van der Waals surface area (Å²) in [7, 11) is 4.09. The molecule has 0 aliphatic carbocycles. The molecule has 130 valence electrons. The second-order valence-electron chi connectivity index (χ2n) is 5.81. The van der Waals surface area contributed by atoms with Gasteiger partial charge in [0.1, 0.15) is 0 Å². The van der Waals surface area contributed by atoms with Crippen LogP contribution in [0.1, 0.15) is 18.9 Å². The number of hydrogen-bond donors (Lipinski definition) is 2. The molecular weight excluding hydrogens is 300 g/mol. The minimum atomic E-state index is 0.669. The van der Waals surface area contributed by atoms with E-state index in [1.807, 2.05) is 31.0 Å². The summed E-state index contributed by atoms with van der Waals surface area (Å²) < 4.78 is 1.94. The van der Waals surface area contributed by atoms with Gasteiger partial charge in [-0.1, -0.05) is 12.1 Å². The van der Waals surface area contributed by atoms with Gasteiger partial charge in [-0.05, 0) is 37.1 Å². The van der Waals surface area contributed by atoms with Crippen LogP contribution in [0.4, 0.5) is 5.69 Å². The quantitative estimate of drug-likeness (QED) is 0.443. The lowest BCUT2D eigenvalue weighted by Gasteiger charge is -2.13. The van der Waals surface area contributed by atoms with E-state index < -0.39 is 0 Å². The Morgan fingerprint density at radius 1 is 1.21 bits per heavy atom. The van der Waals surface area contributed by atoms with Crippen molar-refractivity contribution in [2.45, 2.75) is 26.4 Å². The summed E-state index contributed by atoms with van der Waals surface area (Å²) in [4.78, 5) is 6.75. The Kier molecular flexibility index (Phi) is 7.14. The number of aliphatic imine (C=N–C) groups is 1. The molecule has 0 amide bonds. The van der Waals surface area contributed by atoms with Crippen LogP contribution in [0, 0.1) is 0 Å². The van der Waals surface area contributed by atoms with Gasteiger partial charge in [0.15, 0.2) is 5.96 Å². The van der Waals surface area contributed by atoms with Crippen LogP contribution in [0.3, 0.4) is 0 Å². The molecule has 0 saturated heterocycles. The van der Waals surface area contributed by atoms with Gasteiger partial charge >= 0.3 is 0 Å². The molecule has 0 spiro atoms. The maximum Gasteiger partial charge on any atom is 0.191 e. The lowest BCUT2D eigenvalue weighted by molar-refractivity contribution is 0.570. The molecule has 1 aromatic heterocycles. The second-order valence-corrected chi connectivity index (χ2v) is 5.81. The number of nitrogens with one attached hydrogen (secondary N) is 2. The first-order valence-electron chi connectivity index (χ1n) is 8.45. The van der Waals surface area contributed by atoms with E-state index >= 15 is 0 Å². The fourth-order valence-corrected chi connectivity index (χ4v) is 2.29. The molecule has 0 aliphatic heterocycles.